The number of benzene rings is 4. The van der Waals surface area contributed by atoms with Crippen molar-refractivity contribution in [3.05, 3.63) is 114 Å². The Kier molecular flexibility index (Phi) is 8.73. The Morgan fingerprint density at radius 2 is 1.70 bits per heavy atom. The molecule has 2 aromatic heterocycles. The third kappa shape index (κ3) is 6.09. The summed E-state index contributed by atoms with van der Waals surface area (Å²) in [4.78, 5) is 21.4. The Balaban J connectivity index is 1.22. The van der Waals surface area contributed by atoms with Gasteiger partial charge in [0.2, 0.25) is 0 Å². The van der Waals surface area contributed by atoms with Crippen molar-refractivity contribution in [3.8, 4) is 16.9 Å². The number of carboxylic acids is 1. The van der Waals surface area contributed by atoms with Gasteiger partial charge in [0.1, 0.15) is 17.1 Å². The van der Waals surface area contributed by atoms with E-state index < -0.39 is 5.97 Å². The number of para-hydroxylation sites is 2. The van der Waals surface area contributed by atoms with E-state index in [1.54, 1.807) is 12.1 Å². The number of rotatable bonds is 13. The maximum atomic E-state index is 11.8. The van der Waals surface area contributed by atoms with Crippen molar-refractivity contribution < 1.29 is 14.6 Å². The lowest BCUT2D eigenvalue weighted by Crippen LogP contribution is -2.07. The van der Waals surface area contributed by atoms with Gasteiger partial charge < -0.3 is 19.0 Å². The predicted molar refractivity (Wildman–Crippen MR) is 175 cm³/mol. The van der Waals surface area contributed by atoms with Crippen LogP contribution in [0.4, 0.5) is 0 Å². The average molecular weight is 587 g/mol. The average Bonchev–Trinajstić information content (AvgIpc) is 3.63. The van der Waals surface area contributed by atoms with Crippen molar-refractivity contribution in [2.45, 2.75) is 59.0 Å². The van der Waals surface area contributed by atoms with Crippen LogP contribution >= 0.6 is 0 Å². The number of hydrogen-bond donors (Lipinski definition) is 1. The summed E-state index contributed by atoms with van der Waals surface area (Å²) in [6.07, 6.45) is 6.89. The molecular weight excluding hydrogens is 548 g/mol. The minimum absolute atomic E-state index is 0.304. The summed E-state index contributed by atoms with van der Waals surface area (Å²) in [6, 6.07) is 27.7. The van der Waals surface area contributed by atoms with Crippen LogP contribution in [0.1, 0.15) is 59.9 Å². The maximum Gasteiger partial charge on any atom is 0.336 e. The minimum atomic E-state index is -0.923. The highest BCUT2D eigenvalue weighted by Crippen LogP contribution is 2.32. The summed E-state index contributed by atoms with van der Waals surface area (Å²) < 4.78 is 11.0. The van der Waals surface area contributed by atoms with Crippen LogP contribution in [0.2, 0.25) is 0 Å². The van der Waals surface area contributed by atoms with Crippen LogP contribution in [0.15, 0.2) is 91.3 Å². The number of aromatic nitrogens is 4. The lowest BCUT2D eigenvalue weighted by molar-refractivity contribution is 0.0697. The molecule has 224 valence electrons. The molecule has 6 aromatic rings. The van der Waals surface area contributed by atoms with Gasteiger partial charge in [-0.3, -0.25) is 0 Å². The zero-order valence-electron chi connectivity index (χ0n) is 25.4. The van der Waals surface area contributed by atoms with Crippen molar-refractivity contribution in [3.63, 3.8) is 0 Å². The number of aryl methyl sites for hydroxylation is 3. The molecule has 6 rings (SSSR count). The summed E-state index contributed by atoms with van der Waals surface area (Å²) in [7, 11) is 0. The van der Waals surface area contributed by atoms with E-state index in [0.29, 0.717) is 18.7 Å². The molecule has 0 fully saturated rings. The molecule has 2 heterocycles. The molecule has 0 aliphatic rings. The SMILES string of the molecule is CCCCc1nc2c(C)ccc(OCCCCn3cnc4ccccc43)c2n1Cc1ccc(-c2ccccc2C(=O)O)cc1. The molecule has 0 spiro atoms. The molecule has 0 bridgehead atoms. The summed E-state index contributed by atoms with van der Waals surface area (Å²) in [5.41, 5.74) is 8.39. The minimum Gasteiger partial charge on any atom is -0.491 e. The van der Waals surface area contributed by atoms with Gasteiger partial charge in [0.25, 0.3) is 0 Å². The van der Waals surface area contributed by atoms with E-state index in [0.717, 1.165) is 94.5 Å². The van der Waals surface area contributed by atoms with Crippen molar-refractivity contribution in [1.29, 1.82) is 0 Å². The highest BCUT2D eigenvalue weighted by atomic mass is 16.5. The second-order valence-electron chi connectivity index (χ2n) is 11.3. The quantitative estimate of drug-likeness (QED) is 0.138. The molecular formula is C37H38N4O3. The van der Waals surface area contributed by atoms with Gasteiger partial charge in [-0.1, -0.05) is 74.0 Å². The zero-order chi connectivity index (χ0) is 30.5. The largest absolute Gasteiger partial charge is 0.491 e. The lowest BCUT2D eigenvalue weighted by Gasteiger charge is -2.14. The lowest BCUT2D eigenvalue weighted by atomic mass is 9.98. The molecule has 0 unspecified atom stereocenters. The van der Waals surface area contributed by atoms with Crippen LogP contribution in [0.3, 0.4) is 0 Å². The number of ether oxygens (including phenoxy) is 1. The second-order valence-corrected chi connectivity index (χ2v) is 11.3. The Bertz CT molecular complexity index is 1900. The number of carbonyl (C=O) groups is 1. The number of aromatic carboxylic acids is 1. The fourth-order valence-electron chi connectivity index (χ4n) is 5.84. The van der Waals surface area contributed by atoms with Crippen molar-refractivity contribution in [2.75, 3.05) is 6.61 Å². The van der Waals surface area contributed by atoms with Crippen LogP contribution in [-0.2, 0) is 19.5 Å². The van der Waals surface area contributed by atoms with Gasteiger partial charge in [0, 0.05) is 19.5 Å². The first-order valence-electron chi connectivity index (χ1n) is 15.5. The van der Waals surface area contributed by atoms with E-state index in [1.807, 2.05) is 42.7 Å². The van der Waals surface area contributed by atoms with E-state index >= 15 is 0 Å². The number of hydrogen-bond acceptors (Lipinski definition) is 4. The Labute approximate surface area is 257 Å². The molecule has 1 N–H and O–H groups in total. The summed E-state index contributed by atoms with van der Waals surface area (Å²) in [5, 5.41) is 9.65. The molecule has 7 nitrogen and oxygen atoms in total. The number of unbranched alkanes of at least 4 members (excludes halogenated alkanes) is 2. The van der Waals surface area contributed by atoms with Gasteiger partial charge in [0.05, 0.1) is 35.0 Å². The highest BCUT2D eigenvalue weighted by Gasteiger charge is 2.18. The fourth-order valence-corrected chi connectivity index (χ4v) is 5.84. The Hall–Kier alpha value is -4.91. The summed E-state index contributed by atoms with van der Waals surface area (Å²) in [6.45, 7) is 6.49. The van der Waals surface area contributed by atoms with E-state index in [1.165, 1.54) is 0 Å². The Morgan fingerprint density at radius 3 is 2.52 bits per heavy atom. The van der Waals surface area contributed by atoms with E-state index in [2.05, 4.69) is 64.4 Å². The first-order chi connectivity index (χ1) is 21.5. The third-order valence-electron chi connectivity index (χ3n) is 8.23. The first-order valence-corrected chi connectivity index (χ1v) is 15.5. The van der Waals surface area contributed by atoms with Crippen LogP contribution in [-0.4, -0.2) is 36.8 Å². The molecule has 0 amide bonds. The molecule has 0 saturated heterocycles. The number of imidazole rings is 2. The molecule has 0 atom stereocenters. The fraction of sp³-hybridized carbons (Fsp3) is 0.270. The standard InChI is InChI=1S/C37H38N4O3/c1-3-4-15-34-39-35-26(2)16-21-33(44-23-10-9-22-40-25-38-31-13-7-8-14-32(31)40)36(35)41(34)24-27-17-19-28(20-18-27)29-11-5-6-12-30(29)37(42)43/h5-8,11-14,16-21,25H,3-4,9-10,15,22-24H2,1-2H3,(H,42,43). The molecule has 0 saturated carbocycles. The van der Waals surface area contributed by atoms with Crippen molar-refractivity contribution in [2.24, 2.45) is 0 Å². The van der Waals surface area contributed by atoms with Gasteiger partial charge in [-0.05, 0) is 72.7 Å². The van der Waals surface area contributed by atoms with Crippen molar-refractivity contribution in [1.82, 2.24) is 19.1 Å². The smallest absolute Gasteiger partial charge is 0.336 e. The molecule has 0 aliphatic carbocycles. The zero-order valence-corrected chi connectivity index (χ0v) is 25.4. The van der Waals surface area contributed by atoms with Crippen LogP contribution in [0.5, 0.6) is 5.75 Å². The highest BCUT2D eigenvalue weighted by molar-refractivity contribution is 5.96. The normalized spacial score (nSPS) is 11.4. The second kappa shape index (κ2) is 13.2. The van der Waals surface area contributed by atoms with E-state index in [4.69, 9.17) is 9.72 Å². The monoisotopic (exact) mass is 586 g/mol. The van der Waals surface area contributed by atoms with Gasteiger partial charge in [-0.15, -0.1) is 0 Å². The number of nitrogens with zero attached hydrogens (tertiary/aromatic N) is 4. The van der Waals surface area contributed by atoms with E-state index in [9.17, 15) is 9.90 Å². The van der Waals surface area contributed by atoms with Crippen molar-refractivity contribution >= 4 is 28.0 Å². The van der Waals surface area contributed by atoms with E-state index in [-0.39, 0.29) is 0 Å². The van der Waals surface area contributed by atoms with Gasteiger partial charge in [-0.25, -0.2) is 14.8 Å². The van der Waals surface area contributed by atoms with Gasteiger partial charge in [0.15, 0.2) is 0 Å². The summed E-state index contributed by atoms with van der Waals surface area (Å²) in [5.74, 6) is 1.00. The molecule has 4 aromatic carbocycles. The Morgan fingerprint density at radius 1 is 0.909 bits per heavy atom. The predicted octanol–water partition coefficient (Wildman–Crippen LogP) is 8.31. The van der Waals surface area contributed by atoms with Gasteiger partial charge >= 0.3 is 5.97 Å². The first kappa shape index (κ1) is 29.2. The van der Waals surface area contributed by atoms with Crippen LogP contribution in [0.25, 0.3) is 33.2 Å². The van der Waals surface area contributed by atoms with Gasteiger partial charge in [-0.2, -0.15) is 0 Å². The van der Waals surface area contributed by atoms with Crippen LogP contribution < -0.4 is 4.74 Å². The molecule has 0 radical (unpaired) electrons. The topological polar surface area (TPSA) is 82.2 Å². The molecule has 44 heavy (non-hydrogen) atoms. The summed E-state index contributed by atoms with van der Waals surface area (Å²) >= 11 is 0. The molecule has 7 heteroatoms. The number of carboxylic acid groups (broad SMARTS) is 1. The van der Waals surface area contributed by atoms with Crippen LogP contribution in [0, 0.1) is 6.92 Å². The number of fused-ring (bicyclic) bond motifs is 2. The molecule has 0 aliphatic heterocycles. The maximum absolute atomic E-state index is 11.8. The third-order valence-corrected chi connectivity index (χ3v) is 8.23.